The van der Waals surface area contributed by atoms with Crippen LogP contribution in [0.2, 0.25) is 13.1 Å². The van der Waals surface area contributed by atoms with Crippen LogP contribution in [0.25, 0.3) is 0 Å². The molecule has 0 amide bonds. The molecule has 0 radical (unpaired) electrons. The van der Waals surface area contributed by atoms with Gasteiger partial charge in [0.1, 0.15) is 5.75 Å². The van der Waals surface area contributed by atoms with Crippen LogP contribution >= 0.6 is 0 Å². The van der Waals surface area contributed by atoms with Crippen molar-refractivity contribution in [2.24, 2.45) is 0 Å². The zero-order valence-electron chi connectivity index (χ0n) is 8.93. The molecule has 0 aliphatic heterocycles. The van der Waals surface area contributed by atoms with E-state index >= 15 is 0 Å². The molecule has 2 N–H and O–H groups in total. The molecule has 0 saturated carbocycles. The molecule has 0 atom stereocenters. The summed E-state index contributed by atoms with van der Waals surface area (Å²) in [6.45, 7) is 3.87. The van der Waals surface area contributed by atoms with Crippen molar-refractivity contribution in [1.29, 1.82) is 0 Å². The number of hydrogen-bond acceptors (Lipinski definition) is 3. The lowest BCUT2D eigenvalue weighted by Crippen LogP contribution is -2.13. The van der Waals surface area contributed by atoms with E-state index in [4.69, 9.17) is 14.6 Å². The van der Waals surface area contributed by atoms with Crippen molar-refractivity contribution in [3.63, 3.8) is 0 Å². The summed E-state index contributed by atoms with van der Waals surface area (Å²) in [5.74, 6) is -2.12. The first-order valence-electron chi connectivity index (χ1n) is 4.69. The highest BCUT2D eigenvalue weighted by molar-refractivity contribution is 6.49. The Morgan fingerprint density at radius 2 is 1.69 bits per heavy atom. The average molecular weight is 240 g/mol. The molecule has 0 bridgehead atoms. The summed E-state index contributed by atoms with van der Waals surface area (Å²) < 4.78 is 5.42. The van der Waals surface area contributed by atoms with E-state index in [9.17, 15) is 9.59 Å². The molecule has 0 aliphatic carbocycles. The number of rotatable bonds is 4. The Morgan fingerprint density at radius 3 is 2.12 bits per heavy atom. The van der Waals surface area contributed by atoms with Gasteiger partial charge < -0.3 is 14.6 Å². The molecule has 6 heteroatoms. The molecule has 1 rings (SSSR count). The van der Waals surface area contributed by atoms with E-state index in [1.807, 2.05) is 13.1 Å². The van der Waals surface area contributed by atoms with Gasteiger partial charge in [0.05, 0.1) is 11.1 Å². The number of hydrogen-bond donors (Lipinski definition) is 2. The molecule has 0 aliphatic rings. The third-order valence-electron chi connectivity index (χ3n) is 1.82. The van der Waals surface area contributed by atoms with E-state index in [2.05, 4.69) is 0 Å². The summed E-state index contributed by atoms with van der Waals surface area (Å²) in [4.78, 5) is 21.6. The Labute approximate surface area is 94.0 Å². The summed E-state index contributed by atoms with van der Waals surface area (Å²) in [6.07, 6.45) is 0. The van der Waals surface area contributed by atoms with Crippen molar-refractivity contribution in [2.75, 3.05) is 0 Å². The monoisotopic (exact) mass is 240 g/mol. The molecule has 0 spiro atoms. The predicted octanol–water partition coefficient (Wildman–Crippen LogP) is 1.45. The molecule has 86 valence electrons. The van der Waals surface area contributed by atoms with Gasteiger partial charge in [-0.1, -0.05) is 0 Å². The molecular formula is C10H12O5Si. The lowest BCUT2D eigenvalue weighted by molar-refractivity contribution is 0.0651. The Bertz CT molecular complexity index is 427. The smallest absolute Gasteiger partial charge is 0.336 e. The van der Waals surface area contributed by atoms with E-state index in [0.29, 0.717) is 5.75 Å². The van der Waals surface area contributed by atoms with E-state index in [0.717, 1.165) is 0 Å². The minimum Gasteiger partial charge on any atom is -0.547 e. The number of carboxylic acids is 2. The fourth-order valence-electron chi connectivity index (χ4n) is 1.23. The Morgan fingerprint density at radius 1 is 1.12 bits per heavy atom. The maximum Gasteiger partial charge on any atom is 0.336 e. The minimum atomic E-state index is -1.33. The number of carbonyl (C=O) groups is 2. The lowest BCUT2D eigenvalue weighted by Gasteiger charge is -2.10. The largest absolute Gasteiger partial charge is 0.547 e. The first-order chi connectivity index (χ1) is 7.41. The van der Waals surface area contributed by atoms with Crippen LogP contribution in [-0.2, 0) is 0 Å². The zero-order valence-corrected chi connectivity index (χ0v) is 10.1. The van der Waals surface area contributed by atoms with Gasteiger partial charge in [0.25, 0.3) is 0 Å². The zero-order chi connectivity index (χ0) is 12.3. The van der Waals surface area contributed by atoms with Crippen LogP contribution in [0.3, 0.4) is 0 Å². The van der Waals surface area contributed by atoms with Gasteiger partial charge in [-0.15, -0.1) is 0 Å². The molecule has 5 nitrogen and oxygen atoms in total. The van der Waals surface area contributed by atoms with Crippen molar-refractivity contribution in [3.8, 4) is 5.75 Å². The maximum absolute atomic E-state index is 10.9. The van der Waals surface area contributed by atoms with Crippen molar-refractivity contribution in [3.05, 3.63) is 29.3 Å². The molecule has 0 fully saturated rings. The Balaban J connectivity index is 3.17. The van der Waals surface area contributed by atoms with Gasteiger partial charge in [-0.25, -0.2) is 9.59 Å². The highest BCUT2D eigenvalue weighted by atomic mass is 28.3. The number of aromatic carboxylic acids is 2. The van der Waals surface area contributed by atoms with Gasteiger partial charge in [-0.2, -0.15) is 0 Å². The van der Waals surface area contributed by atoms with E-state index in [1.165, 1.54) is 18.2 Å². The summed E-state index contributed by atoms with van der Waals surface area (Å²) in [5, 5.41) is 17.7. The van der Waals surface area contributed by atoms with Gasteiger partial charge in [0.15, 0.2) is 0 Å². The normalized spacial score (nSPS) is 10.2. The van der Waals surface area contributed by atoms with Crippen LogP contribution in [0.1, 0.15) is 20.7 Å². The molecular weight excluding hydrogens is 228 g/mol. The van der Waals surface area contributed by atoms with Crippen LogP contribution in [0.15, 0.2) is 18.2 Å². The van der Waals surface area contributed by atoms with Gasteiger partial charge in [-0.05, 0) is 31.3 Å². The van der Waals surface area contributed by atoms with Crippen LogP contribution in [0.5, 0.6) is 5.75 Å². The van der Waals surface area contributed by atoms with Crippen LogP contribution in [0.4, 0.5) is 0 Å². The molecule has 0 heterocycles. The molecule has 0 saturated heterocycles. The summed E-state index contributed by atoms with van der Waals surface area (Å²) in [7, 11) is -1.33. The minimum absolute atomic E-state index is 0.231. The first-order valence-corrected chi connectivity index (χ1v) is 7.47. The molecule has 16 heavy (non-hydrogen) atoms. The van der Waals surface area contributed by atoms with Gasteiger partial charge in [-0.3, -0.25) is 0 Å². The fourth-order valence-corrected chi connectivity index (χ4v) is 1.92. The molecule has 0 unspecified atom stereocenters. The SMILES string of the molecule is C[SiH](C)Oc1ccc(C(=O)O)c(C(=O)O)c1. The van der Waals surface area contributed by atoms with Gasteiger partial charge in [0, 0.05) is 0 Å². The standard InChI is InChI=1S/C10H12O5Si/c1-16(2)15-6-3-4-7(9(11)12)8(5-6)10(13)14/h3-5,16H,1-2H3,(H,11,12)(H,13,14). The Kier molecular flexibility index (Phi) is 3.67. The van der Waals surface area contributed by atoms with E-state index < -0.39 is 21.0 Å². The Hall–Kier alpha value is -1.82. The second kappa shape index (κ2) is 4.80. The highest BCUT2D eigenvalue weighted by Crippen LogP contribution is 2.18. The topological polar surface area (TPSA) is 83.8 Å². The van der Waals surface area contributed by atoms with Gasteiger partial charge >= 0.3 is 11.9 Å². The van der Waals surface area contributed by atoms with Crippen LogP contribution in [-0.4, -0.2) is 31.2 Å². The quantitative estimate of drug-likeness (QED) is 0.778. The molecule has 1 aromatic rings. The van der Waals surface area contributed by atoms with Crippen molar-refractivity contribution < 1.29 is 24.2 Å². The van der Waals surface area contributed by atoms with Crippen LogP contribution < -0.4 is 4.43 Å². The van der Waals surface area contributed by atoms with E-state index in [-0.39, 0.29) is 11.1 Å². The van der Waals surface area contributed by atoms with Crippen molar-refractivity contribution >= 4 is 21.0 Å². The van der Waals surface area contributed by atoms with Gasteiger partial charge in [0.2, 0.25) is 9.04 Å². The molecule has 0 aromatic heterocycles. The van der Waals surface area contributed by atoms with Crippen LogP contribution in [0, 0.1) is 0 Å². The summed E-state index contributed by atoms with van der Waals surface area (Å²) in [6, 6.07) is 3.97. The predicted molar refractivity (Wildman–Crippen MR) is 59.9 cm³/mol. The number of benzene rings is 1. The fraction of sp³-hybridized carbons (Fsp3) is 0.200. The van der Waals surface area contributed by atoms with Crippen molar-refractivity contribution in [2.45, 2.75) is 13.1 Å². The second-order valence-corrected chi connectivity index (χ2v) is 5.82. The second-order valence-electron chi connectivity index (χ2n) is 3.48. The summed E-state index contributed by atoms with van der Waals surface area (Å²) >= 11 is 0. The third-order valence-corrected chi connectivity index (χ3v) is 2.57. The number of carboxylic acid groups (broad SMARTS) is 2. The summed E-state index contributed by atoms with van der Waals surface area (Å²) in [5.41, 5.74) is -0.482. The third kappa shape index (κ3) is 2.83. The molecule has 1 aromatic carbocycles. The highest BCUT2D eigenvalue weighted by Gasteiger charge is 2.16. The first kappa shape index (κ1) is 12.2. The van der Waals surface area contributed by atoms with E-state index in [1.54, 1.807) is 0 Å². The maximum atomic E-state index is 10.9. The lowest BCUT2D eigenvalue weighted by atomic mass is 10.1. The average Bonchev–Trinajstić information content (AvgIpc) is 2.16. The van der Waals surface area contributed by atoms with Crippen molar-refractivity contribution in [1.82, 2.24) is 0 Å².